The van der Waals surface area contributed by atoms with Crippen molar-refractivity contribution >= 4 is 17.6 Å². The number of benzene rings is 1. The quantitative estimate of drug-likeness (QED) is 0.594. The smallest absolute Gasteiger partial charge is 0.338 e. The summed E-state index contributed by atoms with van der Waals surface area (Å²) in [6.07, 6.45) is 0. The van der Waals surface area contributed by atoms with Crippen LogP contribution >= 0.6 is 11.6 Å². The molecular formula is C10H9ClF2O2. The van der Waals surface area contributed by atoms with Gasteiger partial charge in [-0.3, -0.25) is 0 Å². The molecule has 0 unspecified atom stereocenters. The lowest BCUT2D eigenvalue weighted by molar-refractivity contribution is 0.0525. The molecule has 2 nitrogen and oxygen atoms in total. The Kier molecular flexibility index (Phi) is 4.03. The molecule has 0 saturated heterocycles. The highest BCUT2D eigenvalue weighted by Crippen LogP contribution is 2.17. The molecule has 0 radical (unpaired) electrons. The van der Waals surface area contributed by atoms with E-state index < -0.39 is 17.6 Å². The van der Waals surface area contributed by atoms with Crippen LogP contribution in [0.5, 0.6) is 0 Å². The maximum absolute atomic E-state index is 13.0. The molecule has 0 saturated carbocycles. The van der Waals surface area contributed by atoms with Gasteiger partial charge in [0.25, 0.3) is 0 Å². The summed E-state index contributed by atoms with van der Waals surface area (Å²) in [5.74, 6) is -3.02. The van der Waals surface area contributed by atoms with Gasteiger partial charge in [0.05, 0.1) is 18.1 Å². The summed E-state index contributed by atoms with van der Waals surface area (Å²) in [5, 5.41) is 0. The predicted molar refractivity (Wildman–Crippen MR) is 51.9 cm³/mol. The van der Waals surface area contributed by atoms with Crippen LogP contribution in [-0.2, 0) is 10.6 Å². The Hall–Kier alpha value is -1.16. The van der Waals surface area contributed by atoms with E-state index in [4.69, 9.17) is 11.6 Å². The van der Waals surface area contributed by atoms with Crippen molar-refractivity contribution in [1.82, 2.24) is 0 Å². The highest BCUT2D eigenvalue weighted by Gasteiger charge is 2.14. The standard InChI is InChI=1S/C10H9ClF2O2/c1-2-15-10(14)6-3-7(5-11)9(13)8(12)4-6/h3-4H,2,5H2,1H3. The Morgan fingerprint density at radius 1 is 1.47 bits per heavy atom. The van der Waals surface area contributed by atoms with Gasteiger partial charge in [-0.1, -0.05) is 0 Å². The van der Waals surface area contributed by atoms with E-state index in [-0.39, 0.29) is 23.6 Å². The van der Waals surface area contributed by atoms with Crippen molar-refractivity contribution in [3.05, 3.63) is 34.9 Å². The first kappa shape index (κ1) is 11.9. The zero-order valence-corrected chi connectivity index (χ0v) is 8.78. The Morgan fingerprint density at radius 3 is 2.67 bits per heavy atom. The molecule has 0 aromatic heterocycles. The van der Waals surface area contributed by atoms with Crippen molar-refractivity contribution in [3.63, 3.8) is 0 Å². The van der Waals surface area contributed by atoms with E-state index >= 15 is 0 Å². The lowest BCUT2D eigenvalue weighted by atomic mass is 10.1. The number of carbonyl (C=O) groups excluding carboxylic acids is 1. The molecule has 0 atom stereocenters. The molecule has 0 amide bonds. The van der Waals surface area contributed by atoms with Crippen LogP contribution in [0.1, 0.15) is 22.8 Å². The second-order valence-corrected chi connectivity index (χ2v) is 3.05. The number of halogens is 3. The first-order chi connectivity index (χ1) is 7.10. The number of hydrogen-bond donors (Lipinski definition) is 0. The van der Waals surface area contributed by atoms with Crippen LogP contribution in [-0.4, -0.2) is 12.6 Å². The van der Waals surface area contributed by atoms with Crippen molar-refractivity contribution < 1.29 is 18.3 Å². The molecule has 0 bridgehead atoms. The molecule has 0 fully saturated rings. The van der Waals surface area contributed by atoms with E-state index in [1.54, 1.807) is 6.92 Å². The lowest BCUT2D eigenvalue weighted by Gasteiger charge is -2.05. The van der Waals surface area contributed by atoms with E-state index in [9.17, 15) is 13.6 Å². The van der Waals surface area contributed by atoms with E-state index in [1.807, 2.05) is 0 Å². The Morgan fingerprint density at radius 2 is 2.13 bits per heavy atom. The first-order valence-corrected chi connectivity index (χ1v) is 4.84. The third-order valence-corrected chi connectivity index (χ3v) is 2.05. The van der Waals surface area contributed by atoms with Gasteiger partial charge in [0.1, 0.15) is 0 Å². The van der Waals surface area contributed by atoms with E-state index in [1.165, 1.54) is 6.07 Å². The van der Waals surface area contributed by atoms with Crippen molar-refractivity contribution in [2.24, 2.45) is 0 Å². The van der Waals surface area contributed by atoms with Gasteiger partial charge in [0.15, 0.2) is 11.6 Å². The van der Waals surface area contributed by atoms with Crippen LogP contribution in [0.4, 0.5) is 8.78 Å². The van der Waals surface area contributed by atoms with Gasteiger partial charge < -0.3 is 4.74 Å². The number of ether oxygens (including phenoxy) is 1. The number of esters is 1. The molecule has 15 heavy (non-hydrogen) atoms. The zero-order chi connectivity index (χ0) is 11.4. The van der Waals surface area contributed by atoms with Crippen LogP contribution in [0.15, 0.2) is 12.1 Å². The van der Waals surface area contributed by atoms with Crippen LogP contribution < -0.4 is 0 Å². The fraction of sp³-hybridized carbons (Fsp3) is 0.300. The first-order valence-electron chi connectivity index (χ1n) is 4.31. The SMILES string of the molecule is CCOC(=O)c1cc(F)c(F)c(CCl)c1. The molecule has 1 aromatic rings. The molecule has 0 aliphatic rings. The average molecular weight is 235 g/mol. The third kappa shape index (κ3) is 2.65. The van der Waals surface area contributed by atoms with Gasteiger partial charge in [-0.2, -0.15) is 0 Å². The second-order valence-electron chi connectivity index (χ2n) is 2.79. The number of carbonyl (C=O) groups is 1. The third-order valence-electron chi connectivity index (χ3n) is 1.76. The van der Waals surface area contributed by atoms with Crippen LogP contribution in [0.25, 0.3) is 0 Å². The molecule has 0 spiro atoms. The fourth-order valence-corrected chi connectivity index (χ4v) is 1.27. The molecule has 1 rings (SSSR count). The lowest BCUT2D eigenvalue weighted by Crippen LogP contribution is -2.07. The van der Waals surface area contributed by atoms with Crippen LogP contribution in [0.2, 0.25) is 0 Å². The number of rotatable bonds is 3. The molecule has 1 aromatic carbocycles. The molecule has 0 heterocycles. The van der Waals surface area contributed by atoms with Gasteiger partial charge >= 0.3 is 5.97 Å². The summed E-state index contributed by atoms with van der Waals surface area (Å²) in [4.78, 5) is 11.2. The Labute approximate surface area is 90.8 Å². The Balaban J connectivity index is 3.10. The normalized spacial score (nSPS) is 10.1. The average Bonchev–Trinajstić information content (AvgIpc) is 2.22. The van der Waals surface area contributed by atoms with Crippen molar-refractivity contribution in [1.29, 1.82) is 0 Å². The van der Waals surface area contributed by atoms with Gasteiger partial charge in [-0.15, -0.1) is 11.6 Å². The Bertz CT molecular complexity index is 380. The van der Waals surface area contributed by atoms with Gasteiger partial charge in [-0.05, 0) is 19.1 Å². The summed E-state index contributed by atoms with van der Waals surface area (Å²) >= 11 is 5.40. The minimum absolute atomic E-state index is 0.0357. The minimum Gasteiger partial charge on any atom is -0.462 e. The van der Waals surface area contributed by atoms with Crippen LogP contribution in [0.3, 0.4) is 0 Å². The molecular weight excluding hydrogens is 226 g/mol. The monoisotopic (exact) mass is 234 g/mol. The van der Waals surface area contributed by atoms with Gasteiger partial charge in [-0.25, -0.2) is 13.6 Å². The van der Waals surface area contributed by atoms with Gasteiger partial charge in [0, 0.05) is 5.56 Å². The topological polar surface area (TPSA) is 26.3 Å². The van der Waals surface area contributed by atoms with Crippen LogP contribution in [0, 0.1) is 11.6 Å². The maximum Gasteiger partial charge on any atom is 0.338 e. The highest BCUT2D eigenvalue weighted by atomic mass is 35.5. The number of hydrogen-bond acceptors (Lipinski definition) is 2. The summed E-state index contributed by atoms with van der Waals surface area (Å²) < 4.78 is 30.7. The fourth-order valence-electron chi connectivity index (χ4n) is 1.08. The molecule has 5 heteroatoms. The molecule has 0 aliphatic heterocycles. The van der Waals surface area contributed by atoms with Crippen molar-refractivity contribution in [2.45, 2.75) is 12.8 Å². The highest BCUT2D eigenvalue weighted by molar-refractivity contribution is 6.17. The molecule has 0 aliphatic carbocycles. The summed E-state index contributed by atoms with van der Waals surface area (Å²) in [6.45, 7) is 1.80. The van der Waals surface area contributed by atoms with E-state index in [0.717, 1.165) is 6.07 Å². The number of alkyl halides is 1. The molecule has 0 N–H and O–H groups in total. The minimum atomic E-state index is -1.10. The van der Waals surface area contributed by atoms with E-state index in [0.29, 0.717) is 0 Å². The summed E-state index contributed by atoms with van der Waals surface area (Å²) in [7, 11) is 0. The van der Waals surface area contributed by atoms with Crippen molar-refractivity contribution in [2.75, 3.05) is 6.61 Å². The largest absolute Gasteiger partial charge is 0.462 e. The second kappa shape index (κ2) is 5.07. The van der Waals surface area contributed by atoms with Gasteiger partial charge in [0.2, 0.25) is 0 Å². The molecule has 82 valence electrons. The van der Waals surface area contributed by atoms with Crippen molar-refractivity contribution in [3.8, 4) is 0 Å². The summed E-state index contributed by atoms with van der Waals surface area (Å²) in [6, 6.07) is 1.98. The maximum atomic E-state index is 13.0. The zero-order valence-electron chi connectivity index (χ0n) is 8.02. The summed E-state index contributed by atoms with van der Waals surface area (Å²) in [5.41, 5.74) is -0.0916. The van der Waals surface area contributed by atoms with E-state index in [2.05, 4.69) is 4.74 Å². The predicted octanol–water partition coefficient (Wildman–Crippen LogP) is 2.88.